The number of rotatable bonds is 4. The fourth-order valence-electron chi connectivity index (χ4n) is 2.35. The van der Waals surface area contributed by atoms with Crippen molar-refractivity contribution in [3.8, 4) is 0 Å². The SMILES string of the molecule is Cc1nc(N(C)CCn2ccnc2C)c2c(C)noc2n1. The van der Waals surface area contributed by atoms with Gasteiger partial charge in [0.05, 0.1) is 5.69 Å². The molecule has 0 unspecified atom stereocenters. The molecule has 3 aromatic heterocycles. The van der Waals surface area contributed by atoms with Gasteiger partial charge in [-0.25, -0.2) is 9.97 Å². The Morgan fingerprint density at radius 1 is 1.24 bits per heavy atom. The predicted octanol–water partition coefficient (Wildman–Crippen LogP) is 1.88. The topological polar surface area (TPSA) is 72.9 Å². The van der Waals surface area contributed by atoms with E-state index in [1.54, 1.807) is 0 Å². The summed E-state index contributed by atoms with van der Waals surface area (Å²) < 4.78 is 7.36. The van der Waals surface area contributed by atoms with Crippen LogP contribution in [0.2, 0.25) is 0 Å². The molecule has 0 bridgehead atoms. The molecule has 0 saturated carbocycles. The second kappa shape index (κ2) is 5.16. The Balaban J connectivity index is 1.89. The van der Waals surface area contributed by atoms with Crippen LogP contribution in [0.25, 0.3) is 11.1 Å². The first-order chi connectivity index (χ1) is 10.1. The number of aryl methyl sites for hydroxylation is 3. The monoisotopic (exact) mass is 286 g/mol. The first kappa shape index (κ1) is 13.5. The van der Waals surface area contributed by atoms with E-state index in [1.807, 2.05) is 40.2 Å². The van der Waals surface area contributed by atoms with Gasteiger partial charge in [-0.2, -0.15) is 4.98 Å². The number of aromatic nitrogens is 5. The Labute approximate surface area is 122 Å². The van der Waals surface area contributed by atoms with Crippen molar-refractivity contribution in [3.05, 3.63) is 29.7 Å². The molecule has 21 heavy (non-hydrogen) atoms. The Hall–Kier alpha value is -2.44. The van der Waals surface area contributed by atoms with E-state index in [9.17, 15) is 0 Å². The molecule has 7 heteroatoms. The summed E-state index contributed by atoms with van der Waals surface area (Å²) in [6.45, 7) is 7.41. The fraction of sp³-hybridized carbons (Fsp3) is 0.429. The summed E-state index contributed by atoms with van der Waals surface area (Å²) in [7, 11) is 2.01. The number of hydrogen-bond donors (Lipinski definition) is 0. The minimum absolute atomic E-state index is 0.542. The summed E-state index contributed by atoms with van der Waals surface area (Å²) in [6, 6.07) is 0. The summed E-state index contributed by atoms with van der Waals surface area (Å²) in [6.07, 6.45) is 3.79. The van der Waals surface area contributed by atoms with Crippen LogP contribution in [0.3, 0.4) is 0 Å². The van der Waals surface area contributed by atoms with Crippen molar-refractivity contribution in [1.29, 1.82) is 0 Å². The number of fused-ring (bicyclic) bond motifs is 1. The van der Waals surface area contributed by atoms with Crippen LogP contribution in [0.5, 0.6) is 0 Å². The highest BCUT2D eigenvalue weighted by atomic mass is 16.5. The standard InChI is InChI=1S/C14H18N6O/c1-9-12-13(16-10(2)17-14(12)21-18-9)19(4)7-8-20-6-5-15-11(20)3/h5-6H,7-8H2,1-4H3. The van der Waals surface area contributed by atoms with Gasteiger partial charge in [0, 0.05) is 32.5 Å². The number of anilines is 1. The van der Waals surface area contributed by atoms with Gasteiger partial charge >= 0.3 is 0 Å². The largest absolute Gasteiger partial charge is 0.357 e. The van der Waals surface area contributed by atoms with Gasteiger partial charge in [0.25, 0.3) is 5.71 Å². The van der Waals surface area contributed by atoms with E-state index in [0.717, 1.165) is 35.8 Å². The van der Waals surface area contributed by atoms with Gasteiger partial charge in [0.1, 0.15) is 22.9 Å². The van der Waals surface area contributed by atoms with Gasteiger partial charge in [0.2, 0.25) is 0 Å². The zero-order chi connectivity index (χ0) is 15.0. The van der Waals surface area contributed by atoms with E-state index < -0.39 is 0 Å². The van der Waals surface area contributed by atoms with E-state index in [2.05, 4.69) is 29.6 Å². The van der Waals surface area contributed by atoms with Gasteiger partial charge in [-0.15, -0.1) is 0 Å². The van der Waals surface area contributed by atoms with Gasteiger partial charge in [-0.1, -0.05) is 5.16 Å². The Kier molecular flexibility index (Phi) is 3.32. The Bertz CT molecular complexity index is 775. The molecule has 0 aliphatic heterocycles. The van der Waals surface area contributed by atoms with Crippen LogP contribution in [-0.4, -0.2) is 38.3 Å². The Morgan fingerprint density at radius 3 is 2.76 bits per heavy atom. The summed E-state index contributed by atoms with van der Waals surface area (Å²) in [5.41, 5.74) is 1.35. The average Bonchev–Trinajstić information content (AvgIpc) is 3.02. The zero-order valence-corrected chi connectivity index (χ0v) is 12.7. The highest BCUT2D eigenvalue weighted by Crippen LogP contribution is 2.25. The number of imidazole rings is 1. The molecular formula is C14H18N6O. The van der Waals surface area contributed by atoms with Crippen molar-refractivity contribution in [1.82, 2.24) is 24.7 Å². The first-order valence-corrected chi connectivity index (χ1v) is 6.85. The maximum Gasteiger partial charge on any atom is 0.263 e. The van der Waals surface area contributed by atoms with Crippen molar-refractivity contribution in [3.63, 3.8) is 0 Å². The fourth-order valence-corrected chi connectivity index (χ4v) is 2.35. The molecular weight excluding hydrogens is 268 g/mol. The number of nitrogens with zero attached hydrogens (tertiary/aromatic N) is 6. The van der Waals surface area contributed by atoms with Gasteiger partial charge in [-0.3, -0.25) is 0 Å². The molecule has 3 rings (SSSR count). The highest BCUT2D eigenvalue weighted by Gasteiger charge is 2.16. The van der Waals surface area contributed by atoms with E-state index in [4.69, 9.17) is 4.52 Å². The average molecular weight is 286 g/mol. The van der Waals surface area contributed by atoms with E-state index in [-0.39, 0.29) is 0 Å². The van der Waals surface area contributed by atoms with Crippen molar-refractivity contribution < 1.29 is 4.52 Å². The predicted molar refractivity (Wildman–Crippen MR) is 79.3 cm³/mol. The van der Waals surface area contributed by atoms with E-state index >= 15 is 0 Å². The number of likely N-dealkylation sites (N-methyl/N-ethyl adjacent to an activating group) is 1. The lowest BCUT2D eigenvalue weighted by Crippen LogP contribution is -2.24. The summed E-state index contributed by atoms with van der Waals surface area (Å²) in [4.78, 5) is 15.2. The maximum atomic E-state index is 5.25. The minimum atomic E-state index is 0.542. The molecule has 0 aliphatic rings. The van der Waals surface area contributed by atoms with Gasteiger partial charge in [-0.05, 0) is 20.8 Å². The van der Waals surface area contributed by atoms with Crippen LogP contribution in [0, 0.1) is 20.8 Å². The van der Waals surface area contributed by atoms with Crippen LogP contribution >= 0.6 is 0 Å². The Morgan fingerprint density at radius 2 is 2.05 bits per heavy atom. The molecule has 7 nitrogen and oxygen atoms in total. The molecule has 0 fully saturated rings. The molecule has 0 saturated heterocycles. The first-order valence-electron chi connectivity index (χ1n) is 6.85. The van der Waals surface area contributed by atoms with Crippen LogP contribution < -0.4 is 4.90 Å². The minimum Gasteiger partial charge on any atom is -0.357 e. The molecule has 0 radical (unpaired) electrons. The van der Waals surface area contributed by atoms with Crippen molar-refractivity contribution in [2.75, 3.05) is 18.5 Å². The molecule has 0 aromatic carbocycles. The van der Waals surface area contributed by atoms with Crippen molar-refractivity contribution >= 4 is 16.9 Å². The van der Waals surface area contributed by atoms with Crippen LogP contribution in [0.1, 0.15) is 17.3 Å². The molecule has 3 aromatic rings. The van der Waals surface area contributed by atoms with E-state index in [1.165, 1.54) is 0 Å². The van der Waals surface area contributed by atoms with Gasteiger partial charge < -0.3 is 14.0 Å². The van der Waals surface area contributed by atoms with E-state index in [0.29, 0.717) is 11.5 Å². The molecule has 0 atom stereocenters. The van der Waals surface area contributed by atoms with Crippen LogP contribution in [-0.2, 0) is 6.54 Å². The van der Waals surface area contributed by atoms with Crippen molar-refractivity contribution in [2.45, 2.75) is 27.3 Å². The smallest absolute Gasteiger partial charge is 0.263 e. The second-order valence-corrected chi connectivity index (χ2v) is 5.13. The highest BCUT2D eigenvalue weighted by molar-refractivity contribution is 5.88. The molecule has 0 aliphatic carbocycles. The van der Waals surface area contributed by atoms with Crippen LogP contribution in [0.15, 0.2) is 16.9 Å². The molecule has 0 amide bonds. The maximum absolute atomic E-state index is 5.25. The molecule has 0 spiro atoms. The summed E-state index contributed by atoms with van der Waals surface area (Å²) >= 11 is 0. The summed E-state index contributed by atoms with van der Waals surface area (Å²) in [5.74, 6) is 2.54. The quantitative estimate of drug-likeness (QED) is 0.729. The third-order valence-corrected chi connectivity index (χ3v) is 3.56. The molecule has 110 valence electrons. The molecule has 0 N–H and O–H groups in total. The zero-order valence-electron chi connectivity index (χ0n) is 12.7. The number of hydrogen-bond acceptors (Lipinski definition) is 6. The molecule has 3 heterocycles. The lowest BCUT2D eigenvalue weighted by atomic mass is 10.3. The van der Waals surface area contributed by atoms with Crippen molar-refractivity contribution in [2.24, 2.45) is 0 Å². The normalized spacial score (nSPS) is 11.2. The third-order valence-electron chi connectivity index (χ3n) is 3.56. The third kappa shape index (κ3) is 2.46. The second-order valence-electron chi connectivity index (χ2n) is 5.13. The summed E-state index contributed by atoms with van der Waals surface area (Å²) in [5, 5.41) is 4.86. The van der Waals surface area contributed by atoms with Gasteiger partial charge in [0.15, 0.2) is 0 Å². The lowest BCUT2D eigenvalue weighted by molar-refractivity contribution is 0.442. The lowest BCUT2D eigenvalue weighted by Gasteiger charge is -2.19. The van der Waals surface area contributed by atoms with Crippen LogP contribution in [0.4, 0.5) is 5.82 Å².